The van der Waals surface area contributed by atoms with Gasteiger partial charge in [0, 0.05) is 35.3 Å². The molecule has 0 aliphatic rings. The second-order valence-electron chi connectivity index (χ2n) is 6.78. The zero-order valence-corrected chi connectivity index (χ0v) is 16.6. The van der Waals surface area contributed by atoms with Gasteiger partial charge in [-0.1, -0.05) is 30.3 Å². The molecular weight excluding hydrogens is 374 g/mol. The Balaban J connectivity index is 1.63. The lowest BCUT2D eigenvalue weighted by atomic mass is 10.1. The highest BCUT2D eigenvalue weighted by atomic mass is 16.5. The maximum Gasteiger partial charge on any atom is 0.185 e. The third kappa shape index (κ3) is 4.52. The topological polar surface area (TPSA) is 57.0 Å². The summed E-state index contributed by atoms with van der Waals surface area (Å²) in [4.78, 5) is 16.8. The van der Waals surface area contributed by atoms with E-state index in [1.165, 1.54) is 0 Å². The first-order chi connectivity index (χ1) is 14.7. The van der Waals surface area contributed by atoms with Crippen molar-refractivity contribution in [2.24, 2.45) is 0 Å². The summed E-state index contributed by atoms with van der Waals surface area (Å²) in [5.41, 5.74) is 4.31. The summed E-state index contributed by atoms with van der Waals surface area (Å²) in [6.07, 6.45) is 8.84. The molecule has 0 aliphatic heterocycles. The summed E-state index contributed by atoms with van der Waals surface area (Å²) in [6, 6.07) is 21.0. The SMILES string of the molecule is COc1ccc(C(=O)/C=C/c2cn(Cc3ccccc3)nc2-c2cccnc2)cc1. The molecular formula is C25H21N3O2. The van der Waals surface area contributed by atoms with Gasteiger partial charge in [-0.25, -0.2) is 0 Å². The number of carbonyl (C=O) groups is 1. The Morgan fingerprint density at radius 2 is 1.83 bits per heavy atom. The molecule has 4 aromatic rings. The van der Waals surface area contributed by atoms with Crippen molar-refractivity contribution in [3.63, 3.8) is 0 Å². The number of hydrogen-bond acceptors (Lipinski definition) is 4. The largest absolute Gasteiger partial charge is 0.497 e. The number of ketones is 1. The van der Waals surface area contributed by atoms with Crippen LogP contribution in [0.5, 0.6) is 5.75 Å². The highest BCUT2D eigenvalue weighted by Crippen LogP contribution is 2.23. The first kappa shape index (κ1) is 19.3. The maximum atomic E-state index is 12.6. The Labute approximate surface area is 175 Å². The first-order valence-electron chi connectivity index (χ1n) is 9.61. The van der Waals surface area contributed by atoms with Gasteiger partial charge in [-0.3, -0.25) is 14.5 Å². The van der Waals surface area contributed by atoms with Crippen molar-refractivity contribution >= 4 is 11.9 Å². The summed E-state index contributed by atoms with van der Waals surface area (Å²) in [7, 11) is 1.60. The van der Waals surface area contributed by atoms with Crippen LogP contribution in [0.25, 0.3) is 17.3 Å². The molecule has 0 saturated heterocycles. The molecule has 5 nitrogen and oxygen atoms in total. The number of carbonyl (C=O) groups excluding carboxylic acids is 1. The van der Waals surface area contributed by atoms with Gasteiger partial charge in [0.25, 0.3) is 0 Å². The Hall–Kier alpha value is -3.99. The third-order valence-corrected chi connectivity index (χ3v) is 4.70. The molecule has 0 radical (unpaired) electrons. The van der Waals surface area contributed by atoms with Crippen LogP contribution >= 0.6 is 0 Å². The third-order valence-electron chi connectivity index (χ3n) is 4.70. The van der Waals surface area contributed by atoms with Crippen molar-refractivity contribution in [3.8, 4) is 17.0 Å². The second-order valence-corrected chi connectivity index (χ2v) is 6.78. The van der Waals surface area contributed by atoms with Gasteiger partial charge >= 0.3 is 0 Å². The lowest BCUT2D eigenvalue weighted by Gasteiger charge is -2.01. The van der Waals surface area contributed by atoms with Crippen LogP contribution in [0.2, 0.25) is 0 Å². The fraction of sp³-hybridized carbons (Fsp3) is 0.0800. The molecule has 2 aromatic heterocycles. The molecule has 148 valence electrons. The standard InChI is InChI=1S/C25H21N3O2/c1-30-23-12-9-20(10-13-23)24(29)14-11-22-18-28(17-19-6-3-2-4-7-19)27-25(22)21-8-5-15-26-16-21/h2-16,18H,17H2,1H3/b14-11+. The minimum Gasteiger partial charge on any atom is -0.497 e. The lowest BCUT2D eigenvalue weighted by Crippen LogP contribution is -2.00. The number of benzene rings is 2. The lowest BCUT2D eigenvalue weighted by molar-refractivity contribution is 0.104. The minimum absolute atomic E-state index is 0.0781. The van der Waals surface area contributed by atoms with E-state index in [0.717, 1.165) is 28.1 Å². The van der Waals surface area contributed by atoms with Crippen LogP contribution in [0.1, 0.15) is 21.5 Å². The van der Waals surface area contributed by atoms with Gasteiger partial charge in [-0.2, -0.15) is 5.10 Å². The van der Waals surface area contributed by atoms with Crippen LogP contribution in [0.4, 0.5) is 0 Å². The molecule has 5 heteroatoms. The number of methoxy groups -OCH3 is 1. The van der Waals surface area contributed by atoms with Crippen LogP contribution in [0.3, 0.4) is 0 Å². The van der Waals surface area contributed by atoms with Crippen molar-refractivity contribution in [1.82, 2.24) is 14.8 Å². The number of ether oxygens (including phenoxy) is 1. The fourth-order valence-electron chi connectivity index (χ4n) is 3.15. The smallest absolute Gasteiger partial charge is 0.185 e. The second kappa shape index (κ2) is 9.01. The van der Waals surface area contributed by atoms with Gasteiger partial charge in [0.05, 0.1) is 13.7 Å². The van der Waals surface area contributed by atoms with Crippen LogP contribution in [-0.4, -0.2) is 27.7 Å². The Morgan fingerprint density at radius 3 is 2.53 bits per heavy atom. The zero-order valence-electron chi connectivity index (χ0n) is 16.6. The number of hydrogen-bond donors (Lipinski definition) is 0. The van der Waals surface area contributed by atoms with E-state index in [-0.39, 0.29) is 5.78 Å². The summed E-state index contributed by atoms with van der Waals surface area (Å²) in [5, 5.41) is 4.75. The van der Waals surface area contributed by atoms with Crippen molar-refractivity contribution in [3.05, 3.63) is 108 Å². The molecule has 4 rings (SSSR count). The quantitative estimate of drug-likeness (QED) is 0.330. The molecule has 2 heterocycles. The number of nitrogens with zero attached hydrogens (tertiary/aromatic N) is 3. The Bertz CT molecular complexity index is 1150. The molecule has 0 bridgehead atoms. The van der Waals surface area contributed by atoms with Crippen LogP contribution in [-0.2, 0) is 6.54 Å². The predicted octanol–water partition coefficient (Wildman–Crippen LogP) is 4.90. The van der Waals surface area contributed by atoms with Crippen LogP contribution in [0, 0.1) is 0 Å². The van der Waals surface area contributed by atoms with Gasteiger partial charge < -0.3 is 4.74 Å². The Morgan fingerprint density at radius 1 is 1.03 bits per heavy atom. The molecule has 0 spiro atoms. The minimum atomic E-state index is -0.0781. The summed E-state index contributed by atoms with van der Waals surface area (Å²) < 4.78 is 7.03. The maximum absolute atomic E-state index is 12.6. The van der Waals surface area contributed by atoms with Crippen molar-refractivity contribution in [1.29, 1.82) is 0 Å². The average Bonchev–Trinajstić information content (AvgIpc) is 3.21. The van der Waals surface area contributed by atoms with E-state index in [4.69, 9.17) is 9.84 Å². The molecule has 30 heavy (non-hydrogen) atoms. The van der Waals surface area contributed by atoms with Crippen LogP contribution < -0.4 is 4.74 Å². The number of aromatic nitrogens is 3. The molecule has 0 atom stereocenters. The number of allylic oxidation sites excluding steroid dienone is 1. The first-order valence-corrected chi connectivity index (χ1v) is 9.61. The molecule has 2 aromatic carbocycles. The average molecular weight is 395 g/mol. The van der Waals surface area contributed by atoms with E-state index in [1.807, 2.05) is 47.3 Å². The van der Waals surface area contributed by atoms with E-state index >= 15 is 0 Å². The molecule has 0 saturated carbocycles. The normalized spacial score (nSPS) is 11.0. The van der Waals surface area contributed by atoms with E-state index in [9.17, 15) is 4.79 Å². The predicted molar refractivity (Wildman–Crippen MR) is 117 cm³/mol. The van der Waals surface area contributed by atoms with E-state index in [0.29, 0.717) is 12.1 Å². The summed E-state index contributed by atoms with van der Waals surface area (Å²) >= 11 is 0. The number of rotatable bonds is 7. The fourth-order valence-corrected chi connectivity index (χ4v) is 3.15. The monoisotopic (exact) mass is 395 g/mol. The molecule has 0 amide bonds. The summed E-state index contributed by atoms with van der Waals surface area (Å²) in [5.74, 6) is 0.641. The van der Waals surface area contributed by atoms with Crippen LogP contribution in [0.15, 0.2) is 91.4 Å². The van der Waals surface area contributed by atoms with Crippen molar-refractivity contribution in [2.75, 3.05) is 7.11 Å². The zero-order chi connectivity index (χ0) is 20.8. The molecule has 0 aliphatic carbocycles. The van der Waals surface area contributed by atoms with Gasteiger partial charge in [-0.15, -0.1) is 0 Å². The molecule has 0 N–H and O–H groups in total. The highest BCUT2D eigenvalue weighted by Gasteiger charge is 2.11. The van der Waals surface area contributed by atoms with E-state index < -0.39 is 0 Å². The number of pyridine rings is 1. The molecule has 0 fully saturated rings. The highest BCUT2D eigenvalue weighted by molar-refractivity contribution is 6.07. The summed E-state index contributed by atoms with van der Waals surface area (Å²) in [6.45, 7) is 0.647. The van der Waals surface area contributed by atoms with Gasteiger partial charge in [0.1, 0.15) is 11.4 Å². The van der Waals surface area contributed by atoms with Gasteiger partial charge in [0.15, 0.2) is 5.78 Å². The van der Waals surface area contributed by atoms with Gasteiger partial charge in [-0.05, 0) is 54.1 Å². The van der Waals surface area contributed by atoms with Crippen molar-refractivity contribution < 1.29 is 9.53 Å². The Kier molecular flexibility index (Phi) is 5.80. The van der Waals surface area contributed by atoms with Crippen molar-refractivity contribution in [2.45, 2.75) is 6.54 Å². The van der Waals surface area contributed by atoms with E-state index in [2.05, 4.69) is 17.1 Å². The van der Waals surface area contributed by atoms with E-state index in [1.54, 1.807) is 49.8 Å². The molecule has 0 unspecified atom stereocenters. The van der Waals surface area contributed by atoms with Gasteiger partial charge in [0.2, 0.25) is 0 Å².